The summed E-state index contributed by atoms with van der Waals surface area (Å²) in [6, 6.07) is 6.45. The van der Waals surface area contributed by atoms with Gasteiger partial charge in [-0.25, -0.2) is 0 Å². The molecular weight excluding hydrogens is 260 g/mol. The summed E-state index contributed by atoms with van der Waals surface area (Å²) in [6.07, 6.45) is 3.64. The van der Waals surface area contributed by atoms with Crippen molar-refractivity contribution in [1.82, 2.24) is 9.47 Å². The second-order valence-corrected chi connectivity index (χ2v) is 6.40. The predicted molar refractivity (Wildman–Crippen MR) is 88.2 cm³/mol. The molecule has 1 aliphatic carbocycles. The normalized spacial score (nSPS) is 17.7. The van der Waals surface area contributed by atoms with Crippen molar-refractivity contribution in [2.75, 3.05) is 27.2 Å². The van der Waals surface area contributed by atoms with Crippen molar-refractivity contribution >= 4 is 10.9 Å². The lowest BCUT2D eigenvalue weighted by Gasteiger charge is -2.20. The van der Waals surface area contributed by atoms with Gasteiger partial charge in [0.1, 0.15) is 5.75 Å². The van der Waals surface area contributed by atoms with Crippen LogP contribution in [-0.2, 0) is 19.9 Å². The van der Waals surface area contributed by atoms with Crippen LogP contribution in [0, 0.1) is 5.92 Å². The SMILES string of the molecule is CCCN(C)CC1Cc2c(n(C)c3ccc(OC)cc23)C1. The molecule has 0 amide bonds. The smallest absolute Gasteiger partial charge is 0.119 e. The summed E-state index contributed by atoms with van der Waals surface area (Å²) in [5, 5.41) is 1.38. The first-order valence-corrected chi connectivity index (χ1v) is 7.96. The van der Waals surface area contributed by atoms with E-state index in [0.29, 0.717) is 0 Å². The first-order valence-electron chi connectivity index (χ1n) is 7.96. The van der Waals surface area contributed by atoms with Crippen LogP contribution in [-0.4, -0.2) is 36.7 Å². The number of methoxy groups -OCH3 is 1. The molecule has 0 saturated carbocycles. The van der Waals surface area contributed by atoms with Gasteiger partial charge in [0.15, 0.2) is 0 Å². The minimum absolute atomic E-state index is 0.758. The van der Waals surface area contributed by atoms with Crippen LogP contribution in [0.2, 0.25) is 0 Å². The van der Waals surface area contributed by atoms with Gasteiger partial charge in [-0.3, -0.25) is 0 Å². The van der Waals surface area contributed by atoms with Crippen LogP contribution in [0.15, 0.2) is 18.2 Å². The fraction of sp³-hybridized carbons (Fsp3) is 0.556. The monoisotopic (exact) mass is 286 g/mol. The van der Waals surface area contributed by atoms with Crippen LogP contribution < -0.4 is 4.74 Å². The standard InChI is InChI=1S/C18H26N2O/c1-5-8-19(2)12-13-9-15-16-11-14(21-4)6-7-17(16)20(3)18(15)10-13/h6-7,11,13H,5,8-10,12H2,1-4H3. The molecule has 1 unspecified atom stereocenters. The maximum atomic E-state index is 5.40. The van der Waals surface area contributed by atoms with Crippen molar-refractivity contribution in [2.24, 2.45) is 13.0 Å². The zero-order valence-corrected chi connectivity index (χ0v) is 13.6. The Labute approximate surface area is 127 Å². The van der Waals surface area contributed by atoms with Gasteiger partial charge in [0.25, 0.3) is 0 Å². The minimum Gasteiger partial charge on any atom is -0.497 e. The second-order valence-electron chi connectivity index (χ2n) is 6.40. The maximum absolute atomic E-state index is 5.40. The van der Waals surface area contributed by atoms with Crippen LogP contribution in [0.5, 0.6) is 5.75 Å². The van der Waals surface area contributed by atoms with E-state index in [1.807, 2.05) is 0 Å². The Morgan fingerprint density at radius 2 is 2.14 bits per heavy atom. The van der Waals surface area contributed by atoms with Crippen molar-refractivity contribution in [3.8, 4) is 5.75 Å². The molecule has 0 aliphatic heterocycles. The van der Waals surface area contributed by atoms with Gasteiger partial charge < -0.3 is 14.2 Å². The zero-order chi connectivity index (χ0) is 15.0. The molecule has 1 aromatic heterocycles. The maximum Gasteiger partial charge on any atom is 0.119 e. The van der Waals surface area contributed by atoms with Gasteiger partial charge in [0, 0.05) is 30.2 Å². The van der Waals surface area contributed by atoms with Crippen molar-refractivity contribution < 1.29 is 4.74 Å². The molecule has 3 rings (SSSR count). The third-order valence-electron chi connectivity index (χ3n) is 4.79. The van der Waals surface area contributed by atoms with Crippen molar-refractivity contribution in [3.63, 3.8) is 0 Å². The molecule has 0 fully saturated rings. The van der Waals surface area contributed by atoms with E-state index in [9.17, 15) is 0 Å². The fourth-order valence-corrected chi connectivity index (χ4v) is 3.84. The number of rotatable bonds is 5. The zero-order valence-electron chi connectivity index (χ0n) is 13.6. The average Bonchev–Trinajstić information content (AvgIpc) is 2.98. The lowest BCUT2D eigenvalue weighted by molar-refractivity contribution is 0.280. The van der Waals surface area contributed by atoms with Crippen LogP contribution in [0.4, 0.5) is 0 Å². The lowest BCUT2D eigenvalue weighted by Crippen LogP contribution is -2.27. The van der Waals surface area contributed by atoms with Gasteiger partial charge in [0.2, 0.25) is 0 Å². The number of nitrogens with zero attached hydrogens (tertiary/aromatic N) is 2. The van der Waals surface area contributed by atoms with Gasteiger partial charge in [-0.2, -0.15) is 0 Å². The summed E-state index contributed by atoms with van der Waals surface area (Å²) < 4.78 is 7.78. The lowest BCUT2D eigenvalue weighted by atomic mass is 10.0. The van der Waals surface area contributed by atoms with E-state index in [4.69, 9.17) is 4.74 Å². The highest BCUT2D eigenvalue weighted by Crippen LogP contribution is 2.36. The first kappa shape index (κ1) is 14.5. The molecule has 0 bridgehead atoms. The number of ether oxygens (including phenoxy) is 1. The third kappa shape index (κ3) is 2.55. The van der Waals surface area contributed by atoms with E-state index in [-0.39, 0.29) is 0 Å². The van der Waals surface area contributed by atoms with E-state index in [1.54, 1.807) is 12.7 Å². The van der Waals surface area contributed by atoms with Crippen molar-refractivity contribution in [1.29, 1.82) is 0 Å². The van der Waals surface area contributed by atoms with Crippen LogP contribution >= 0.6 is 0 Å². The first-order chi connectivity index (χ1) is 10.1. The van der Waals surface area contributed by atoms with E-state index in [1.165, 1.54) is 48.9 Å². The molecule has 114 valence electrons. The Morgan fingerprint density at radius 1 is 1.33 bits per heavy atom. The van der Waals surface area contributed by atoms with Crippen LogP contribution in [0.3, 0.4) is 0 Å². The molecule has 3 heteroatoms. The number of fused-ring (bicyclic) bond motifs is 3. The van der Waals surface area contributed by atoms with E-state index in [2.05, 4.69) is 48.7 Å². The fourth-order valence-electron chi connectivity index (χ4n) is 3.84. The predicted octanol–water partition coefficient (Wildman–Crippen LogP) is 3.24. The molecule has 1 atom stereocenters. The van der Waals surface area contributed by atoms with Gasteiger partial charge >= 0.3 is 0 Å². The van der Waals surface area contributed by atoms with Crippen molar-refractivity contribution in [2.45, 2.75) is 26.2 Å². The molecule has 3 nitrogen and oxygen atoms in total. The van der Waals surface area contributed by atoms with Crippen molar-refractivity contribution in [3.05, 3.63) is 29.5 Å². The summed E-state index contributed by atoms with van der Waals surface area (Å²) in [6.45, 7) is 4.65. The third-order valence-corrected chi connectivity index (χ3v) is 4.79. The Balaban J connectivity index is 1.87. The molecule has 0 saturated heterocycles. The summed E-state index contributed by atoms with van der Waals surface area (Å²) in [7, 11) is 6.19. The van der Waals surface area contributed by atoms with Gasteiger partial charge in [-0.1, -0.05) is 6.92 Å². The number of aryl methyl sites for hydroxylation is 1. The highest BCUT2D eigenvalue weighted by molar-refractivity contribution is 5.87. The summed E-state index contributed by atoms with van der Waals surface area (Å²) in [5.74, 6) is 1.72. The summed E-state index contributed by atoms with van der Waals surface area (Å²) >= 11 is 0. The average molecular weight is 286 g/mol. The van der Waals surface area contributed by atoms with E-state index >= 15 is 0 Å². The Morgan fingerprint density at radius 3 is 2.86 bits per heavy atom. The molecule has 21 heavy (non-hydrogen) atoms. The molecule has 1 aliphatic rings. The Bertz CT molecular complexity index is 644. The number of hydrogen-bond donors (Lipinski definition) is 0. The number of benzene rings is 1. The summed E-state index contributed by atoms with van der Waals surface area (Å²) in [4.78, 5) is 2.47. The van der Waals surface area contributed by atoms with Crippen LogP contribution in [0.25, 0.3) is 10.9 Å². The molecule has 0 spiro atoms. The second kappa shape index (κ2) is 5.72. The number of aromatic nitrogens is 1. The highest BCUT2D eigenvalue weighted by atomic mass is 16.5. The Hall–Kier alpha value is -1.48. The molecule has 1 aromatic carbocycles. The Kier molecular flexibility index (Phi) is 3.94. The van der Waals surface area contributed by atoms with Gasteiger partial charge in [0.05, 0.1) is 7.11 Å². The molecule has 0 N–H and O–H groups in total. The van der Waals surface area contributed by atoms with Gasteiger partial charge in [-0.15, -0.1) is 0 Å². The minimum atomic E-state index is 0.758. The van der Waals surface area contributed by atoms with E-state index < -0.39 is 0 Å². The topological polar surface area (TPSA) is 17.4 Å². The summed E-state index contributed by atoms with van der Waals surface area (Å²) in [5.41, 5.74) is 4.40. The van der Waals surface area contributed by atoms with Crippen LogP contribution in [0.1, 0.15) is 24.6 Å². The molecule has 0 radical (unpaired) electrons. The van der Waals surface area contributed by atoms with E-state index in [0.717, 1.165) is 11.7 Å². The van der Waals surface area contributed by atoms with Gasteiger partial charge in [-0.05, 0) is 62.5 Å². The quantitative estimate of drug-likeness (QED) is 0.839. The molecular formula is C18H26N2O. The number of hydrogen-bond acceptors (Lipinski definition) is 2. The highest BCUT2D eigenvalue weighted by Gasteiger charge is 2.28. The molecule has 2 aromatic rings. The molecule has 1 heterocycles. The largest absolute Gasteiger partial charge is 0.497 e.